The van der Waals surface area contributed by atoms with Gasteiger partial charge in [0.1, 0.15) is 0 Å². The molecular formula is C13H10Br2OS. The van der Waals surface area contributed by atoms with Crippen molar-refractivity contribution < 1.29 is 4.79 Å². The van der Waals surface area contributed by atoms with Crippen molar-refractivity contribution in [1.29, 1.82) is 0 Å². The normalized spacial score (nSPS) is 10.6. The van der Waals surface area contributed by atoms with Gasteiger partial charge in [-0.1, -0.05) is 17.7 Å². The molecule has 2 aromatic rings. The standard InChI is InChI=1S/C13H10Br2OS/c1-7-3-4-8(2)9(5-7)12(16)11-6-10(14)13(15)17-11/h3-6H,1-2H3. The maximum absolute atomic E-state index is 12.4. The molecule has 0 aliphatic rings. The number of carbonyl (C=O) groups is 1. The summed E-state index contributed by atoms with van der Waals surface area (Å²) in [5, 5.41) is 0. The highest BCUT2D eigenvalue weighted by Crippen LogP contribution is 2.33. The quantitative estimate of drug-likeness (QED) is 0.667. The molecule has 0 unspecified atom stereocenters. The number of aryl methyl sites for hydroxylation is 2. The molecule has 1 aromatic heterocycles. The van der Waals surface area contributed by atoms with E-state index >= 15 is 0 Å². The van der Waals surface area contributed by atoms with E-state index in [1.165, 1.54) is 11.3 Å². The van der Waals surface area contributed by atoms with Gasteiger partial charge in [0.15, 0.2) is 0 Å². The molecule has 0 fully saturated rings. The highest BCUT2D eigenvalue weighted by Gasteiger charge is 2.16. The van der Waals surface area contributed by atoms with Crippen LogP contribution in [0.5, 0.6) is 0 Å². The summed E-state index contributed by atoms with van der Waals surface area (Å²) in [6.45, 7) is 3.96. The van der Waals surface area contributed by atoms with Gasteiger partial charge < -0.3 is 0 Å². The summed E-state index contributed by atoms with van der Waals surface area (Å²) in [4.78, 5) is 13.1. The Labute approximate surface area is 121 Å². The fourth-order valence-corrected chi connectivity index (χ4v) is 3.56. The second-order valence-electron chi connectivity index (χ2n) is 3.88. The van der Waals surface area contributed by atoms with Crippen molar-refractivity contribution in [2.75, 3.05) is 0 Å². The molecule has 1 nitrogen and oxygen atoms in total. The van der Waals surface area contributed by atoms with E-state index in [9.17, 15) is 4.79 Å². The summed E-state index contributed by atoms with van der Waals surface area (Å²) in [5.41, 5.74) is 2.90. The van der Waals surface area contributed by atoms with Crippen molar-refractivity contribution >= 4 is 49.0 Å². The third-order valence-corrected chi connectivity index (χ3v) is 5.76. The molecule has 0 saturated heterocycles. The molecule has 0 N–H and O–H groups in total. The lowest BCUT2D eigenvalue weighted by Crippen LogP contribution is -2.01. The van der Waals surface area contributed by atoms with Crippen LogP contribution in [-0.4, -0.2) is 5.78 Å². The zero-order valence-corrected chi connectivity index (χ0v) is 13.4. The van der Waals surface area contributed by atoms with E-state index < -0.39 is 0 Å². The molecule has 4 heteroatoms. The summed E-state index contributed by atoms with van der Waals surface area (Å²) < 4.78 is 1.88. The molecule has 0 saturated carbocycles. The molecule has 0 amide bonds. The second-order valence-corrected chi connectivity index (χ2v) is 7.10. The number of ketones is 1. The number of benzene rings is 1. The van der Waals surface area contributed by atoms with Gasteiger partial charge in [-0.15, -0.1) is 11.3 Å². The lowest BCUT2D eigenvalue weighted by Gasteiger charge is -2.04. The van der Waals surface area contributed by atoms with Gasteiger partial charge in [0.25, 0.3) is 0 Å². The average Bonchev–Trinajstić information content (AvgIpc) is 2.62. The maximum atomic E-state index is 12.4. The van der Waals surface area contributed by atoms with Crippen molar-refractivity contribution in [3.8, 4) is 0 Å². The highest BCUT2D eigenvalue weighted by molar-refractivity contribution is 9.13. The minimum atomic E-state index is 0.0857. The van der Waals surface area contributed by atoms with Gasteiger partial charge >= 0.3 is 0 Å². The van der Waals surface area contributed by atoms with Gasteiger partial charge in [0.05, 0.1) is 8.66 Å². The molecule has 2 rings (SSSR count). The second kappa shape index (κ2) is 5.04. The number of hydrogen-bond acceptors (Lipinski definition) is 2. The van der Waals surface area contributed by atoms with Crippen LogP contribution >= 0.6 is 43.2 Å². The Balaban J connectivity index is 2.47. The largest absolute Gasteiger partial charge is 0.288 e. The summed E-state index contributed by atoms with van der Waals surface area (Å²) in [6.07, 6.45) is 0. The van der Waals surface area contributed by atoms with Gasteiger partial charge in [-0.05, 0) is 63.4 Å². The third-order valence-electron chi connectivity index (χ3n) is 2.51. The molecule has 0 aliphatic carbocycles. The van der Waals surface area contributed by atoms with Gasteiger partial charge in [0, 0.05) is 10.0 Å². The van der Waals surface area contributed by atoms with Crippen LogP contribution in [0, 0.1) is 13.8 Å². The topological polar surface area (TPSA) is 17.1 Å². The SMILES string of the molecule is Cc1ccc(C)c(C(=O)c2cc(Br)c(Br)s2)c1. The van der Waals surface area contributed by atoms with Gasteiger partial charge in [-0.25, -0.2) is 0 Å². The zero-order valence-electron chi connectivity index (χ0n) is 9.38. The number of thiophene rings is 1. The molecule has 0 radical (unpaired) electrons. The zero-order chi connectivity index (χ0) is 12.6. The maximum Gasteiger partial charge on any atom is 0.203 e. The van der Waals surface area contributed by atoms with E-state index in [2.05, 4.69) is 31.9 Å². The monoisotopic (exact) mass is 372 g/mol. The first-order valence-corrected chi connectivity index (χ1v) is 7.46. The van der Waals surface area contributed by atoms with E-state index in [4.69, 9.17) is 0 Å². The molecule has 0 spiro atoms. The van der Waals surface area contributed by atoms with Crippen LogP contribution in [0.1, 0.15) is 26.4 Å². The van der Waals surface area contributed by atoms with Crippen LogP contribution in [0.4, 0.5) is 0 Å². The van der Waals surface area contributed by atoms with Crippen molar-refractivity contribution in [3.63, 3.8) is 0 Å². The summed E-state index contributed by atoms with van der Waals surface area (Å²) >= 11 is 8.26. The van der Waals surface area contributed by atoms with Crippen LogP contribution in [0.3, 0.4) is 0 Å². The van der Waals surface area contributed by atoms with Gasteiger partial charge in [-0.3, -0.25) is 4.79 Å². The van der Waals surface area contributed by atoms with E-state index in [-0.39, 0.29) is 5.78 Å². The van der Waals surface area contributed by atoms with Crippen LogP contribution in [0.2, 0.25) is 0 Å². The van der Waals surface area contributed by atoms with Gasteiger partial charge in [-0.2, -0.15) is 0 Å². The average molecular weight is 374 g/mol. The van der Waals surface area contributed by atoms with Gasteiger partial charge in [0.2, 0.25) is 5.78 Å². The fourth-order valence-electron chi connectivity index (χ4n) is 1.57. The van der Waals surface area contributed by atoms with E-state index in [0.29, 0.717) is 0 Å². The molecule has 1 heterocycles. The minimum absolute atomic E-state index is 0.0857. The van der Waals surface area contributed by atoms with Crippen molar-refractivity contribution in [2.24, 2.45) is 0 Å². The van der Waals surface area contributed by atoms with Crippen LogP contribution in [0.15, 0.2) is 32.5 Å². The lowest BCUT2D eigenvalue weighted by molar-refractivity contribution is 0.104. The third kappa shape index (κ3) is 2.69. The van der Waals surface area contributed by atoms with Crippen molar-refractivity contribution in [3.05, 3.63) is 54.1 Å². The van der Waals surface area contributed by atoms with E-state index in [1.54, 1.807) is 0 Å². The van der Waals surface area contributed by atoms with Crippen LogP contribution in [-0.2, 0) is 0 Å². The number of halogens is 2. The first-order valence-electron chi connectivity index (χ1n) is 5.06. The molecule has 17 heavy (non-hydrogen) atoms. The molecule has 1 aromatic carbocycles. The Hall–Kier alpha value is -0.450. The Bertz CT molecular complexity index is 568. The molecule has 0 bridgehead atoms. The Morgan fingerprint density at radius 2 is 1.88 bits per heavy atom. The Kier molecular flexibility index (Phi) is 3.85. The predicted molar refractivity (Wildman–Crippen MR) is 79.1 cm³/mol. The lowest BCUT2D eigenvalue weighted by atomic mass is 10.0. The van der Waals surface area contributed by atoms with Crippen LogP contribution < -0.4 is 0 Å². The fraction of sp³-hybridized carbons (Fsp3) is 0.154. The van der Waals surface area contributed by atoms with Crippen molar-refractivity contribution in [2.45, 2.75) is 13.8 Å². The smallest absolute Gasteiger partial charge is 0.203 e. The summed E-state index contributed by atoms with van der Waals surface area (Å²) in [7, 11) is 0. The molecule has 88 valence electrons. The van der Waals surface area contributed by atoms with E-state index in [1.807, 2.05) is 38.1 Å². The minimum Gasteiger partial charge on any atom is -0.288 e. The number of rotatable bonds is 2. The highest BCUT2D eigenvalue weighted by atomic mass is 79.9. The molecule has 0 atom stereocenters. The first-order chi connectivity index (χ1) is 7.99. The Morgan fingerprint density at radius 3 is 2.47 bits per heavy atom. The first kappa shape index (κ1) is 13.0. The number of hydrogen-bond donors (Lipinski definition) is 0. The number of carbonyl (C=O) groups excluding carboxylic acids is 1. The summed E-state index contributed by atoms with van der Waals surface area (Å²) in [5.74, 6) is 0.0857. The van der Waals surface area contributed by atoms with E-state index in [0.717, 1.165) is 29.8 Å². The Morgan fingerprint density at radius 1 is 1.18 bits per heavy atom. The summed E-state index contributed by atoms with van der Waals surface area (Å²) in [6, 6.07) is 7.81. The molecular weight excluding hydrogens is 364 g/mol. The van der Waals surface area contributed by atoms with Crippen LogP contribution in [0.25, 0.3) is 0 Å². The predicted octanol–water partition coefficient (Wildman–Crippen LogP) is 5.12. The molecule has 0 aliphatic heterocycles. The van der Waals surface area contributed by atoms with Crippen molar-refractivity contribution in [1.82, 2.24) is 0 Å².